The number of rotatable bonds is 5. The van der Waals surface area contributed by atoms with Crippen molar-refractivity contribution < 1.29 is 9.53 Å². The molecule has 1 atom stereocenters. The third-order valence-electron chi connectivity index (χ3n) is 2.47. The quantitative estimate of drug-likeness (QED) is 0.628. The van der Waals surface area contributed by atoms with Crippen molar-refractivity contribution in [1.82, 2.24) is 9.97 Å². The van der Waals surface area contributed by atoms with Crippen LogP contribution in [0.15, 0.2) is 36.7 Å². The molecule has 0 saturated heterocycles. The van der Waals surface area contributed by atoms with Crippen LogP contribution < -0.4 is 0 Å². The number of halogens is 2. The fourth-order valence-electron chi connectivity index (χ4n) is 1.54. The molecule has 0 spiro atoms. The maximum Gasteiger partial charge on any atom is 0.153 e. The molecule has 0 radical (unpaired) electrons. The number of carbonyl (C=O) groups excluding carboxylic acids is 1. The van der Waals surface area contributed by atoms with E-state index in [1.165, 1.54) is 6.33 Å². The van der Waals surface area contributed by atoms with E-state index in [0.717, 1.165) is 5.56 Å². The highest BCUT2D eigenvalue weighted by Gasteiger charge is 2.20. The van der Waals surface area contributed by atoms with E-state index in [0.29, 0.717) is 6.29 Å². The summed E-state index contributed by atoms with van der Waals surface area (Å²) in [6.07, 6.45) is 0.966. The Balaban J connectivity index is 2.15. The van der Waals surface area contributed by atoms with Gasteiger partial charge in [0.05, 0.1) is 12.2 Å². The Kier molecular flexibility index (Phi) is 4.85. The summed E-state index contributed by atoms with van der Waals surface area (Å²) in [4.78, 5) is 18.7. The van der Waals surface area contributed by atoms with Crippen molar-refractivity contribution >= 4 is 29.5 Å². The van der Waals surface area contributed by atoms with E-state index in [1.807, 2.05) is 30.3 Å². The molecule has 2 rings (SSSR count). The number of aromatic nitrogens is 2. The molecule has 0 aliphatic rings. The van der Waals surface area contributed by atoms with E-state index in [1.54, 1.807) is 0 Å². The first-order valence-corrected chi connectivity index (χ1v) is 6.24. The normalized spacial score (nSPS) is 12.1. The van der Waals surface area contributed by atoms with E-state index in [2.05, 4.69) is 9.97 Å². The van der Waals surface area contributed by atoms with Crippen LogP contribution in [0.5, 0.6) is 0 Å². The fourth-order valence-corrected chi connectivity index (χ4v) is 2.07. The number of aldehydes is 1. The minimum Gasteiger partial charge on any atom is -0.361 e. The average Bonchev–Trinajstić information content (AvgIpc) is 2.43. The highest BCUT2D eigenvalue weighted by atomic mass is 35.5. The van der Waals surface area contributed by atoms with Crippen LogP contribution in [0.1, 0.15) is 17.2 Å². The van der Waals surface area contributed by atoms with Crippen molar-refractivity contribution in [2.75, 3.05) is 0 Å². The molecular formula is C13H10Cl2N2O2. The lowest BCUT2D eigenvalue weighted by molar-refractivity contribution is -0.119. The number of carbonyl (C=O) groups is 1. The number of benzene rings is 1. The molecule has 0 saturated carbocycles. The highest BCUT2D eigenvalue weighted by molar-refractivity contribution is 6.34. The molecule has 2 aromatic rings. The molecule has 98 valence electrons. The first-order valence-electron chi connectivity index (χ1n) is 5.49. The Hall–Kier alpha value is -1.49. The standard InChI is InChI=1S/C13H10Cl2N2O2/c14-12-11(13(15)17-8-16-12)10(6-18)19-7-9-4-2-1-3-5-9/h1-6,8,10H,7H2/t10-/m1/s1. The summed E-state index contributed by atoms with van der Waals surface area (Å²) in [6.45, 7) is 0.270. The largest absolute Gasteiger partial charge is 0.361 e. The van der Waals surface area contributed by atoms with Gasteiger partial charge in [-0.3, -0.25) is 0 Å². The molecule has 0 unspecified atom stereocenters. The molecule has 0 aliphatic heterocycles. The molecule has 1 aromatic carbocycles. The van der Waals surface area contributed by atoms with Crippen molar-refractivity contribution in [2.24, 2.45) is 0 Å². The van der Waals surface area contributed by atoms with E-state index in [4.69, 9.17) is 27.9 Å². The predicted molar refractivity (Wildman–Crippen MR) is 72.1 cm³/mol. The topological polar surface area (TPSA) is 52.1 Å². The van der Waals surface area contributed by atoms with E-state index < -0.39 is 6.10 Å². The molecule has 0 amide bonds. The zero-order valence-corrected chi connectivity index (χ0v) is 11.3. The van der Waals surface area contributed by atoms with Gasteiger partial charge in [0.1, 0.15) is 22.7 Å². The second-order valence-electron chi connectivity index (χ2n) is 3.72. The van der Waals surface area contributed by atoms with Gasteiger partial charge in [-0.05, 0) is 5.56 Å². The second-order valence-corrected chi connectivity index (χ2v) is 4.44. The third-order valence-corrected chi connectivity index (χ3v) is 3.07. The van der Waals surface area contributed by atoms with Crippen LogP contribution in [-0.2, 0) is 16.1 Å². The molecule has 1 heterocycles. The highest BCUT2D eigenvalue weighted by Crippen LogP contribution is 2.28. The van der Waals surface area contributed by atoms with E-state index in [-0.39, 0.29) is 22.5 Å². The third kappa shape index (κ3) is 3.50. The van der Waals surface area contributed by atoms with Crippen molar-refractivity contribution in [3.05, 3.63) is 58.1 Å². The lowest BCUT2D eigenvalue weighted by atomic mass is 10.2. The van der Waals surface area contributed by atoms with Crippen LogP contribution in [0.4, 0.5) is 0 Å². The molecule has 0 bridgehead atoms. The first-order chi connectivity index (χ1) is 9.22. The van der Waals surface area contributed by atoms with E-state index >= 15 is 0 Å². The summed E-state index contributed by atoms with van der Waals surface area (Å²) in [5, 5.41) is 0.232. The van der Waals surface area contributed by atoms with Crippen LogP contribution in [0.3, 0.4) is 0 Å². The maximum absolute atomic E-state index is 11.1. The Morgan fingerprint density at radius 3 is 2.37 bits per heavy atom. The number of ether oxygens (including phenoxy) is 1. The smallest absolute Gasteiger partial charge is 0.153 e. The molecule has 4 nitrogen and oxygen atoms in total. The van der Waals surface area contributed by atoms with Gasteiger partial charge in [-0.15, -0.1) is 0 Å². The van der Waals surface area contributed by atoms with Crippen molar-refractivity contribution in [3.8, 4) is 0 Å². The van der Waals surface area contributed by atoms with Gasteiger partial charge in [-0.25, -0.2) is 9.97 Å². The molecule has 0 N–H and O–H groups in total. The monoisotopic (exact) mass is 296 g/mol. The summed E-state index contributed by atoms with van der Waals surface area (Å²) in [6, 6.07) is 9.47. The molecule has 1 aromatic heterocycles. The maximum atomic E-state index is 11.1. The van der Waals surface area contributed by atoms with Crippen LogP contribution in [-0.4, -0.2) is 16.3 Å². The molecule has 19 heavy (non-hydrogen) atoms. The van der Waals surface area contributed by atoms with Gasteiger partial charge < -0.3 is 9.53 Å². The van der Waals surface area contributed by atoms with Gasteiger partial charge in [0.15, 0.2) is 6.29 Å². The van der Waals surface area contributed by atoms with Gasteiger partial charge in [0.25, 0.3) is 0 Å². The first kappa shape index (κ1) is 13.9. The van der Waals surface area contributed by atoms with Gasteiger partial charge >= 0.3 is 0 Å². The van der Waals surface area contributed by atoms with Crippen LogP contribution in [0.25, 0.3) is 0 Å². The Labute approximate surface area is 120 Å². The lowest BCUT2D eigenvalue weighted by Crippen LogP contribution is -2.09. The summed E-state index contributed by atoms with van der Waals surface area (Å²) in [5.41, 5.74) is 1.23. The Bertz CT molecular complexity index is 544. The summed E-state index contributed by atoms with van der Waals surface area (Å²) < 4.78 is 5.51. The zero-order valence-electron chi connectivity index (χ0n) is 9.79. The van der Waals surface area contributed by atoms with Crippen molar-refractivity contribution in [1.29, 1.82) is 0 Å². The summed E-state index contributed by atoms with van der Waals surface area (Å²) in [7, 11) is 0. The van der Waals surface area contributed by atoms with Crippen LogP contribution >= 0.6 is 23.2 Å². The van der Waals surface area contributed by atoms with Crippen LogP contribution in [0.2, 0.25) is 10.3 Å². The van der Waals surface area contributed by atoms with Crippen molar-refractivity contribution in [2.45, 2.75) is 12.7 Å². The van der Waals surface area contributed by atoms with Gasteiger partial charge in [0, 0.05) is 0 Å². The van der Waals surface area contributed by atoms with Gasteiger partial charge in [0.2, 0.25) is 0 Å². The van der Waals surface area contributed by atoms with Crippen LogP contribution in [0, 0.1) is 0 Å². The Morgan fingerprint density at radius 1 is 1.16 bits per heavy atom. The van der Waals surface area contributed by atoms with Gasteiger partial charge in [-0.2, -0.15) is 0 Å². The average molecular weight is 297 g/mol. The second kappa shape index (κ2) is 6.61. The number of hydrogen-bond acceptors (Lipinski definition) is 4. The van der Waals surface area contributed by atoms with E-state index in [9.17, 15) is 4.79 Å². The zero-order chi connectivity index (χ0) is 13.7. The molecule has 0 fully saturated rings. The number of nitrogens with zero attached hydrogens (tertiary/aromatic N) is 2. The predicted octanol–water partition coefficient (Wildman–Crippen LogP) is 3.24. The summed E-state index contributed by atoms with van der Waals surface area (Å²) >= 11 is 11.8. The molecule has 6 heteroatoms. The Morgan fingerprint density at radius 2 is 1.79 bits per heavy atom. The summed E-state index contributed by atoms with van der Waals surface area (Å²) in [5.74, 6) is 0. The fraction of sp³-hybridized carbons (Fsp3) is 0.154. The van der Waals surface area contributed by atoms with Crippen molar-refractivity contribution in [3.63, 3.8) is 0 Å². The lowest BCUT2D eigenvalue weighted by Gasteiger charge is -2.14. The number of hydrogen-bond donors (Lipinski definition) is 0. The molecular weight excluding hydrogens is 287 g/mol. The molecule has 0 aliphatic carbocycles. The van der Waals surface area contributed by atoms with Gasteiger partial charge in [-0.1, -0.05) is 53.5 Å². The minimum absolute atomic E-state index is 0.116. The minimum atomic E-state index is -0.888. The SMILES string of the molecule is O=C[C@@H](OCc1ccccc1)c1c(Cl)ncnc1Cl.